The summed E-state index contributed by atoms with van der Waals surface area (Å²) < 4.78 is 2.70. The standard InChI is InChI=1S/C10H10INS/c1-2-7-8(11)4-3-6-5-9(12)13-10(6)7/h3-5H,2,12H2,1H3. The number of aryl methyl sites for hydroxylation is 1. The highest BCUT2D eigenvalue weighted by molar-refractivity contribution is 14.1. The van der Waals surface area contributed by atoms with Gasteiger partial charge in [0.05, 0.1) is 5.00 Å². The van der Waals surface area contributed by atoms with E-state index in [0.717, 1.165) is 11.4 Å². The Morgan fingerprint density at radius 2 is 2.23 bits per heavy atom. The van der Waals surface area contributed by atoms with Crippen LogP contribution in [0.25, 0.3) is 10.1 Å². The van der Waals surface area contributed by atoms with Gasteiger partial charge in [-0.1, -0.05) is 13.0 Å². The van der Waals surface area contributed by atoms with Crippen molar-refractivity contribution < 1.29 is 0 Å². The van der Waals surface area contributed by atoms with Crippen molar-refractivity contribution >= 4 is 49.0 Å². The molecular weight excluding hydrogens is 293 g/mol. The lowest BCUT2D eigenvalue weighted by Gasteiger charge is -2.01. The number of thiophene rings is 1. The minimum atomic E-state index is 0.909. The first-order chi connectivity index (χ1) is 6.22. The molecule has 0 atom stereocenters. The zero-order valence-corrected chi connectivity index (χ0v) is 10.3. The largest absolute Gasteiger partial charge is 0.391 e. The fraction of sp³-hybridized carbons (Fsp3) is 0.200. The number of nitrogens with two attached hydrogens (primary N) is 1. The molecule has 1 heterocycles. The number of anilines is 1. The van der Waals surface area contributed by atoms with Crippen molar-refractivity contribution in [2.24, 2.45) is 0 Å². The maximum Gasteiger partial charge on any atom is 0.0868 e. The minimum absolute atomic E-state index is 0.909. The molecule has 3 heteroatoms. The van der Waals surface area contributed by atoms with Gasteiger partial charge in [0.15, 0.2) is 0 Å². The summed E-state index contributed by atoms with van der Waals surface area (Å²) in [5, 5.41) is 2.19. The molecule has 0 amide bonds. The van der Waals surface area contributed by atoms with E-state index >= 15 is 0 Å². The fourth-order valence-corrected chi connectivity index (χ4v) is 3.54. The fourth-order valence-electron chi connectivity index (χ4n) is 1.49. The molecule has 0 aliphatic rings. The molecule has 2 N–H and O–H groups in total. The molecule has 0 saturated heterocycles. The molecule has 1 aromatic carbocycles. The molecule has 0 bridgehead atoms. The lowest BCUT2D eigenvalue weighted by atomic mass is 10.1. The van der Waals surface area contributed by atoms with Crippen molar-refractivity contribution in [3.05, 3.63) is 27.3 Å². The van der Waals surface area contributed by atoms with E-state index in [4.69, 9.17) is 5.73 Å². The molecule has 2 rings (SSSR count). The second-order valence-corrected chi connectivity index (χ2v) is 5.19. The van der Waals surface area contributed by atoms with E-state index in [1.54, 1.807) is 11.3 Å². The maximum absolute atomic E-state index is 5.78. The summed E-state index contributed by atoms with van der Waals surface area (Å²) >= 11 is 4.07. The second kappa shape index (κ2) is 3.46. The Morgan fingerprint density at radius 3 is 2.92 bits per heavy atom. The summed E-state index contributed by atoms with van der Waals surface area (Å²) in [6.07, 6.45) is 1.08. The Hall–Kier alpha value is -0.290. The van der Waals surface area contributed by atoms with Crippen molar-refractivity contribution in [1.82, 2.24) is 0 Å². The molecule has 13 heavy (non-hydrogen) atoms. The van der Waals surface area contributed by atoms with Crippen molar-refractivity contribution in [3.63, 3.8) is 0 Å². The van der Waals surface area contributed by atoms with Gasteiger partial charge in [-0.3, -0.25) is 0 Å². The Kier molecular flexibility index (Phi) is 2.47. The smallest absolute Gasteiger partial charge is 0.0868 e. The zero-order valence-electron chi connectivity index (χ0n) is 7.30. The van der Waals surface area contributed by atoms with Crippen LogP contribution in [0.2, 0.25) is 0 Å². The quantitative estimate of drug-likeness (QED) is 0.800. The van der Waals surface area contributed by atoms with Gasteiger partial charge < -0.3 is 5.73 Å². The van der Waals surface area contributed by atoms with Gasteiger partial charge in [0, 0.05) is 8.27 Å². The van der Waals surface area contributed by atoms with E-state index in [1.807, 2.05) is 0 Å². The Bertz CT molecular complexity index is 447. The lowest BCUT2D eigenvalue weighted by Crippen LogP contribution is -1.84. The highest BCUT2D eigenvalue weighted by Crippen LogP contribution is 2.33. The van der Waals surface area contributed by atoms with Gasteiger partial charge in [0.25, 0.3) is 0 Å². The molecule has 68 valence electrons. The third kappa shape index (κ3) is 1.55. The molecule has 0 saturated carbocycles. The number of halogens is 1. The molecular formula is C10H10INS. The summed E-state index contributed by atoms with van der Waals surface area (Å²) in [6.45, 7) is 2.19. The van der Waals surface area contributed by atoms with Gasteiger partial charge in [0.2, 0.25) is 0 Å². The van der Waals surface area contributed by atoms with Crippen molar-refractivity contribution in [2.45, 2.75) is 13.3 Å². The van der Waals surface area contributed by atoms with E-state index in [2.05, 4.69) is 47.7 Å². The molecule has 2 aromatic rings. The summed E-state index contributed by atoms with van der Waals surface area (Å²) in [7, 11) is 0. The van der Waals surface area contributed by atoms with E-state index in [0.29, 0.717) is 0 Å². The van der Waals surface area contributed by atoms with Crippen molar-refractivity contribution in [3.8, 4) is 0 Å². The van der Waals surface area contributed by atoms with Crippen LogP contribution in [-0.2, 0) is 6.42 Å². The number of hydrogen-bond acceptors (Lipinski definition) is 2. The summed E-state index contributed by atoms with van der Waals surface area (Å²) in [4.78, 5) is 0. The molecule has 0 spiro atoms. The average molecular weight is 303 g/mol. The van der Waals surface area contributed by atoms with E-state index in [1.165, 1.54) is 19.2 Å². The Balaban J connectivity index is 2.82. The monoisotopic (exact) mass is 303 g/mol. The first-order valence-electron chi connectivity index (χ1n) is 4.18. The number of fused-ring (bicyclic) bond motifs is 1. The van der Waals surface area contributed by atoms with Crippen LogP contribution in [0, 0.1) is 3.57 Å². The first kappa shape index (κ1) is 9.27. The second-order valence-electron chi connectivity index (χ2n) is 2.95. The van der Waals surface area contributed by atoms with Gasteiger partial charge in [-0.05, 0) is 52.1 Å². The first-order valence-corrected chi connectivity index (χ1v) is 6.08. The van der Waals surface area contributed by atoms with Gasteiger partial charge in [0.1, 0.15) is 0 Å². The molecule has 0 aliphatic heterocycles. The van der Waals surface area contributed by atoms with Crippen LogP contribution in [0.3, 0.4) is 0 Å². The topological polar surface area (TPSA) is 26.0 Å². The third-order valence-corrected chi connectivity index (χ3v) is 4.16. The molecule has 1 nitrogen and oxygen atoms in total. The predicted octanol–water partition coefficient (Wildman–Crippen LogP) is 3.65. The van der Waals surface area contributed by atoms with Gasteiger partial charge in [-0.2, -0.15) is 0 Å². The highest BCUT2D eigenvalue weighted by Gasteiger charge is 2.06. The van der Waals surface area contributed by atoms with Gasteiger partial charge in [-0.15, -0.1) is 11.3 Å². The highest BCUT2D eigenvalue weighted by atomic mass is 127. The average Bonchev–Trinajstić information content (AvgIpc) is 2.45. The van der Waals surface area contributed by atoms with Crippen LogP contribution in [0.4, 0.5) is 5.00 Å². The van der Waals surface area contributed by atoms with Crippen molar-refractivity contribution in [2.75, 3.05) is 5.73 Å². The van der Waals surface area contributed by atoms with Crippen LogP contribution in [0.1, 0.15) is 12.5 Å². The molecule has 0 unspecified atom stereocenters. The number of nitrogen functional groups attached to an aromatic ring is 1. The molecule has 1 aromatic heterocycles. The van der Waals surface area contributed by atoms with Crippen LogP contribution >= 0.6 is 33.9 Å². The van der Waals surface area contributed by atoms with E-state index in [-0.39, 0.29) is 0 Å². The number of benzene rings is 1. The molecule has 0 radical (unpaired) electrons. The normalized spacial score (nSPS) is 10.9. The Labute approximate surface area is 95.1 Å². The summed E-state index contributed by atoms with van der Waals surface area (Å²) in [5.74, 6) is 0. The van der Waals surface area contributed by atoms with Crippen LogP contribution in [-0.4, -0.2) is 0 Å². The van der Waals surface area contributed by atoms with Crippen LogP contribution < -0.4 is 5.73 Å². The maximum atomic E-state index is 5.78. The van der Waals surface area contributed by atoms with Gasteiger partial charge >= 0.3 is 0 Å². The number of rotatable bonds is 1. The van der Waals surface area contributed by atoms with Crippen LogP contribution in [0.5, 0.6) is 0 Å². The SMILES string of the molecule is CCc1c(I)ccc2cc(N)sc12. The summed E-state index contributed by atoms with van der Waals surface area (Å²) in [5.41, 5.74) is 7.21. The molecule has 0 fully saturated rings. The van der Waals surface area contributed by atoms with Gasteiger partial charge in [-0.25, -0.2) is 0 Å². The number of hydrogen-bond donors (Lipinski definition) is 1. The zero-order chi connectivity index (χ0) is 9.42. The van der Waals surface area contributed by atoms with E-state index in [9.17, 15) is 0 Å². The third-order valence-electron chi connectivity index (χ3n) is 2.11. The predicted molar refractivity (Wildman–Crippen MR) is 68.3 cm³/mol. The minimum Gasteiger partial charge on any atom is -0.391 e. The van der Waals surface area contributed by atoms with Crippen molar-refractivity contribution in [1.29, 1.82) is 0 Å². The van der Waals surface area contributed by atoms with E-state index < -0.39 is 0 Å². The lowest BCUT2D eigenvalue weighted by molar-refractivity contribution is 1.15. The molecule has 0 aliphatic carbocycles. The Morgan fingerprint density at radius 1 is 1.46 bits per heavy atom. The summed E-state index contributed by atoms with van der Waals surface area (Å²) in [6, 6.07) is 6.35. The van der Waals surface area contributed by atoms with Crippen LogP contribution in [0.15, 0.2) is 18.2 Å².